The molecule has 2 aromatic carbocycles. The van der Waals surface area contributed by atoms with Crippen LogP contribution in [0.4, 0.5) is 13.2 Å². The van der Waals surface area contributed by atoms with Gasteiger partial charge in [-0.15, -0.1) is 17.7 Å². The molecule has 0 aliphatic heterocycles. The molecule has 0 saturated heterocycles. The van der Waals surface area contributed by atoms with E-state index in [1.54, 1.807) is 13.8 Å². The summed E-state index contributed by atoms with van der Waals surface area (Å²) in [5, 5.41) is 10.9. The van der Waals surface area contributed by atoms with E-state index >= 15 is 0 Å². The van der Waals surface area contributed by atoms with E-state index in [1.165, 1.54) is 23.9 Å². The normalized spacial score (nSPS) is 11.2. The smallest absolute Gasteiger partial charge is 0.416 e. The topological polar surface area (TPSA) is 50.4 Å². The lowest BCUT2D eigenvalue weighted by molar-refractivity contribution is -0.137. The maximum Gasteiger partial charge on any atom is 0.416 e. The largest absolute Gasteiger partial charge is 0.507 e. The molecule has 1 aromatic heterocycles. The van der Waals surface area contributed by atoms with Crippen LogP contribution in [0.5, 0.6) is 5.75 Å². The summed E-state index contributed by atoms with van der Waals surface area (Å²) in [4.78, 5) is 13.5. The second-order valence-corrected chi connectivity index (χ2v) is 8.81. The first-order valence-electron chi connectivity index (χ1n) is 10.2. The maximum atomic E-state index is 12.8. The number of thioether (sulfide) groups is 1. The summed E-state index contributed by atoms with van der Waals surface area (Å²) in [6.45, 7) is 7.14. The Morgan fingerprint density at radius 3 is 2.18 bits per heavy atom. The molecule has 7 heteroatoms. The molecule has 0 atom stereocenters. The summed E-state index contributed by atoms with van der Waals surface area (Å²) in [6, 6.07) is 8.63. The van der Waals surface area contributed by atoms with Gasteiger partial charge in [-0.05, 0) is 80.8 Å². The van der Waals surface area contributed by atoms with Gasteiger partial charge in [-0.25, -0.2) is 4.79 Å². The highest BCUT2D eigenvalue weighted by Gasteiger charge is 2.30. The molecule has 0 saturated carbocycles. The Labute approximate surface area is 194 Å². The third-order valence-electron chi connectivity index (χ3n) is 5.26. The molecular formula is C26H23F3O3S. The molecule has 0 amide bonds. The van der Waals surface area contributed by atoms with Crippen LogP contribution in [0, 0.1) is 32.6 Å². The van der Waals surface area contributed by atoms with Crippen LogP contribution in [0.2, 0.25) is 0 Å². The zero-order valence-electron chi connectivity index (χ0n) is 18.7. The first kappa shape index (κ1) is 24.5. The number of hydrogen-bond acceptors (Lipinski definition) is 4. The van der Waals surface area contributed by atoms with Crippen molar-refractivity contribution in [3.8, 4) is 28.7 Å². The molecule has 3 aromatic rings. The Morgan fingerprint density at radius 1 is 1.03 bits per heavy atom. The molecule has 0 aliphatic carbocycles. The van der Waals surface area contributed by atoms with E-state index in [9.17, 15) is 23.1 Å². The van der Waals surface area contributed by atoms with Crippen molar-refractivity contribution in [2.24, 2.45) is 0 Å². The zero-order chi connectivity index (χ0) is 24.3. The van der Waals surface area contributed by atoms with Crippen LogP contribution in [0.25, 0.3) is 11.1 Å². The van der Waals surface area contributed by atoms with Gasteiger partial charge in [-0.2, -0.15) is 13.2 Å². The van der Waals surface area contributed by atoms with E-state index in [0.29, 0.717) is 34.0 Å². The Kier molecular flexibility index (Phi) is 7.28. The highest BCUT2D eigenvalue weighted by molar-refractivity contribution is 7.99. The van der Waals surface area contributed by atoms with Crippen molar-refractivity contribution in [1.82, 2.24) is 0 Å². The molecule has 3 rings (SSSR count). The zero-order valence-corrected chi connectivity index (χ0v) is 19.5. The van der Waals surface area contributed by atoms with Gasteiger partial charge in [0.05, 0.1) is 5.56 Å². The van der Waals surface area contributed by atoms with Crippen LogP contribution in [0.3, 0.4) is 0 Å². The molecular weight excluding hydrogens is 449 g/mol. The minimum atomic E-state index is -4.37. The molecule has 172 valence electrons. The van der Waals surface area contributed by atoms with Crippen molar-refractivity contribution >= 4 is 11.8 Å². The predicted octanol–water partition coefficient (Wildman–Crippen LogP) is 6.66. The Hall–Kier alpha value is -3.11. The van der Waals surface area contributed by atoms with Gasteiger partial charge in [0.25, 0.3) is 0 Å². The molecule has 1 heterocycles. The standard InChI is InChI=1S/C26H23F3O3S/c1-5-6-18-13-15(2)22(16(3)14-18)23-24(30)17(4)21(32-25(23)31)11-12-33-20-9-7-19(8-10-20)26(27,28)29/h7-10,13-14,30H,11-12H2,1-4H3. The molecule has 3 nitrogen and oxygen atoms in total. The first-order chi connectivity index (χ1) is 15.5. The average Bonchev–Trinajstić information content (AvgIpc) is 2.73. The van der Waals surface area contributed by atoms with Crippen LogP contribution >= 0.6 is 11.8 Å². The molecule has 0 unspecified atom stereocenters. The summed E-state index contributed by atoms with van der Waals surface area (Å²) in [5.74, 6) is 6.53. The molecule has 0 aliphatic rings. The highest BCUT2D eigenvalue weighted by Crippen LogP contribution is 2.36. The maximum absolute atomic E-state index is 12.8. The molecule has 1 N–H and O–H groups in total. The van der Waals surface area contributed by atoms with Crippen LogP contribution in [0.1, 0.15) is 40.5 Å². The van der Waals surface area contributed by atoms with Gasteiger partial charge in [0.15, 0.2) is 0 Å². The van der Waals surface area contributed by atoms with Gasteiger partial charge in [-0.3, -0.25) is 0 Å². The fraction of sp³-hybridized carbons (Fsp3) is 0.269. The fourth-order valence-electron chi connectivity index (χ4n) is 3.69. The van der Waals surface area contributed by atoms with E-state index in [4.69, 9.17) is 4.42 Å². The van der Waals surface area contributed by atoms with E-state index in [2.05, 4.69) is 11.8 Å². The van der Waals surface area contributed by atoms with Gasteiger partial charge in [0.1, 0.15) is 17.1 Å². The van der Waals surface area contributed by atoms with Crippen molar-refractivity contribution in [3.05, 3.63) is 80.4 Å². The van der Waals surface area contributed by atoms with Gasteiger partial charge in [-0.1, -0.05) is 5.92 Å². The van der Waals surface area contributed by atoms with E-state index < -0.39 is 17.4 Å². The van der Waals surface area contributed by atoms with Crippen molar-refractivity contribution in [2.45, 2.75) is 45.2 Å². The number of aromatic hydroxyl groups is 1. The molecule has 0 spiro atoms. The predicted molar refractivity (Wildman–Crippen MR) is 125 cm³/mol. The number of alkyl halides is 3. The van der Waals surface area contributed by atoms with Gasteiger partial charge < -0.3 is 9.52 Å². The Morgan fingerprint density at radius 2 is 1.64 bits per heavy atom. The summed E-state index contributed by atoms with van der Waals surface area (Å²) in [5.41, 5.74) is 2.32. The lowest BCUT2D eigenvalue weighted by Crippen LogP contribution is -2.10. The molecule has 0 fully saturated rings. The summed E-state index contributed by atoms with van der Waals surface area (Å²) >= 11 is 1.34. The fourth-order valence-corrected chi connectivity index (χ4v) is 4.54. The van der Waals surface area contributed by atoms with E-state index in [0.717, 1.165) is 28.8 Å². The van der Waals surface area contributed by atoms with Gasteiger partial charge in [0.2, 0.25) is 0 Å². The number of rotatable bonds is 5. The minimum Gasteiger partial charge on any atom is -0.507 e. The number of benzene rings is 2. The number of halogens is 3. The van der Waals surface area contributed by atoms with Crippen molar-refractivity contribution in [3.63, 3.8) is 0 Å². The SMILES string of the molecule is CC#Cc1cc(C)c(-c2c(O)c(C)c(CCSc3ccc(C(F)(F)F)cc3)oc2=O)c(C)c1. The summed E-state index contributed by atoms with van der Waals surface area (Å²) < 4.78 is 43.6. The Bertz CT molecular complexity index is 1270. The lowest BCUT2D eigenvalue weighted by Gasteiger charge is -2.14. The number of aryl methyl sites for hydroxylation is 3. The quantitative estimate of drug-likeness (QED) is 0.333. The van der Waals surface area contributed by atoms with Crippen LogP contribution in [-0.4, -0.2) is 10.9 Å². The van der Waals surface area contributed by atoms with Crippen molar-refractivity contribution in [2.75, 3.05) is 5.75 Å². The van der Waals surface area contributed by atoms with Crippen LogP contribution in [0.15, 0.2) is 50.5 Å². The first-order valence-corrected chi connectivity index (χ1v) is 11.2. The second-order valence-electron chi connectivity index (χ2n) is 7.64. The summed E-state index contributed by atoms with van der Waals surface area (Å²) in [6.07, 6.45) is -4.03. The van der Waals surface area contributed by atoms with Crippen molar-refractivity contribution < 1.29 is 22.7 Å². The van der Waals surface area contributed by atoms with Gasteiger partial charge >= 0.3 is 11.8 Å². The minimum absolute atomic E-state index is 0.123. The van der Waals surface area contributed by atoms with Crippen molar-refractivity contribution in [1.29, 1.82) is 0 Å². The Balaban J connectivity index is 1.83. The van der Waals surface area contributed by atoms with E-state index in [-0.39, 0.29) is 11.3 Å². The molecule has 33 heavy (non-hydrogen) atoms. The average molecular weight is 473 g/mol. The third kappa shape index (κ3) is 5.45. The second kappa shape index (κ2) is 9.80. The molecule has 0 bridgehead atoms. The van der Waals surface area contributed by atoms with E-state index in [1.807, 2.05) is 26.0 Å². The number of hydrogen-bond donors (Lipinski definition) is 1. The monoisotopic (exact) mass is 472 g/mol. The highest BCUT2D eigenvalue weighted by atomic mass is 32.2. The third-order valence-corrected chi connectivity index (χ3v) is 6.28. The van der Waals surface area contributed by atoms with Crippen LogP contribution in [-0.2, 0) is 12.6 Å². The lowest BCUT2D eigenvalue weighted by atomic mass is 9.93. The van der Waals surface area contributed by atoms with Crippen LogP contribution < -0.4 is 5.63 Å². The van der Waals surface area contributed by atoms with Gasteiger partial charge in [0, 0.05) is 28.2 Å². The summed E-state index contributed by atoms with van der Waals surface area (Å²) in [7, 11) is 0. The molecule has 0 radical (unpaired) electrons.